The Bertz CT molecular complexity index is 404. The average molecular weight is 236 g/mol. The van der Waals surface area contributed by atoms with Crippen LogP contribution in [0.2, 0.25) is 0 Å². The van der Waals surface area contributed by atoms with Crippen LogP contribution in [0.15, 0.2) is 34.2 Å². The van der Waals surface area contributed by atoms with Gasteiger partial charge in [-0.15, -0.1) is 11.8 Å². The van der Waals surface area contributed by atoms with Crippen LogP contribution in [0.3, 0.4) is 0 Å². The normalized spacial score (nSPS) is 20.4. The van der Waals surface area contributed by atoms with E-state index in [1.807, 2.05) is 32.0 Å². The lowest BCUT2D eigenvalue weighted by Gasteiger charge is -2.25. The Balaban J connectivity index is 2.14. The van der Waals surface area contributed by atoms with Gasteiger partial charge < -0.3 is 10.5 Å². The highest BCUT2D eigenvalue weighted by Gasteiger charge is 2.22. The van der Waals surface area contributed by atoms with Crippen molar-refractivity contribution < 1.29 is 4.74 Å². The molecule has 16 heavy (non-hydrogen) atoms. The number of hydrogen-bond acceptors (Lipinski definition) is 3. The van der Waals surface area contributed by atoms with E-state index in [1.165, 1.54) is 4.90 Å². The summed E-state index contributed by atoms with van der Waals surface area (Å²) in [6.45, 7) is 4.02. The number of benzene rings is 1. The first-order valence-electron chi connectivity index (χ1n) is 5.38. The number of amidine groups is 1. The highest BCUT2D eigenvalue weighted by Crippen LogP contribution is 2.34. The molecule has 1 aliphatic heterocycles. The second-order valence-electron chi connectivity index (χ2n) is 4.01. The molecule has 1 aromatic rings. The molecule has 0 aromatic heterocycles. The number of ether oxygens (including phenoxy) is 1. The number of nitrogens with two attached hydrogens (primary N) is 1. The largest absolute Gasteiger partial charge is 0.480 e. The molecule has 4 heteroatoms. The van der Waals surface area contributed by atoms with Gasteiger partial charge in [0.2, 0.25) is 0 Å². The lowest BCUT2D eigenvalue weighted by molar-refractivity contribution is 0.276. The van der Waals surface area contributed by atoms with Gasteiger partial charge in [-0.1, -0.05) is 12.1 Å². The SMILES string of the molecule is CC(C)N=C(N)C1CSc2ccccc2O1. The van der Waals surface area contributed by atoms with Gasteiger partial charge in [-0.2, -0.15) is 0 Å². The molecule has 1 unspecified atom stereocenters. The molecule has 0 radical (unpaired) electrons. The Morgan fingerprint density at radius 2 is 2.25 bits per heavy atom. The van der Waals surface area contributed by atoms with E-state index >= 15 is 0 Å². The van der Waals surface area contributed by atoms with Gasteiger partial charge in [-0.3, -0.25) is 4.99 Å². The summed E-state index contributed by atoms with van der Waals surface area (Å²) in [4.78, 5) is 5.51. The smallest absolute Gasteiger partial charge is 0.164 e. The zero-order chi connectivity index (χ0) is 11.5. The van der Waals surface area contributed by atoms with Gasteiger partial charge in [0.05, 0.1) is 0 Å². The Morgan fingerprint density at radius 1 is 1.50 bits per heavy atom. The predicted octanol–water partition coefficient (Wildman–Crippen LogP) is 2.31. The van der Waals surface area contributed by atoms with Crippen molar-refractivity contribution in [2.45, 2.75) is 30.9 Å². The third kappa shape index (κ3) is 2.50. The van der Waals surface area contributed by atoms with Crippen LogP contribution in [-0.4, -0.2) is 23.7 Å². The number of rotatable bonds is 2. The zero-order valence-electron chi connectivity index (χ0n) is 9.51. The van der Waals surface area contributed by atoms with Crippen LogP contribution in [0.1, 0.15) is 13.8 Å². The van der Waals surface area contributed by atoms with Crippen LogP contribution in [0.25, 0.3) is 0 Å². The first-order valence-corrected chi connectivity index (χ1v) is 6.37. The van der Waals surface area contributed by atoms with Crippen molar-refractivity contribution in [3.05, 3.63) is 24.3 Å². The monoisotopic (exact) mass is 236 g/mol. The number of fused-ring (bicyclic) bond motifs is 1. The lowest BCUT2D eigenvalue weighted by atomic mass is 10.3. The number of para-hydroxylation sites is 1. The number of hydrogen-bond donors (Lipinski definition) is 1. The fourth-order valence-corrected chi connectivity index (χ4v) is 2.55. The van der Waals surface area contributed by atoms with E-state index in [1.54, 1.807) is 11.8 Å². The maximum Gasteiger partial charge on any atom is 0.164 e. The summed E-state index contributed by atoms with van der Waals surface area (Å²) in [5.74, 6) is 2.33. The molecule has 86 valence electrons. The topological polar surface area (TPSA) is 47.6 Å². The molecule has 2 N–H and O–H groups in total. The maximum absolute atomic E-state index is 5.92. The molecule has 1 aromatic carbocycles. The third-order valence-electron chi connectivity index (χ3n) is 2.25. The first kappa shape index (κ1) is 11.3. The summed E-state index contributed by atoms with van der Waals surface area (Å²) in [6.07, 6.45) is -0.0951. The summed E-state index contributed by atoms with van der Waals surface area (Å²) in [6, 6.07) is 8.23. The Hall–Kier alpha value is -1.16. The van der Waals surface area contributed by atoms with E-state index in [9.17, 15) is 0 Å². The Kier molecular flexibility index (Phi) is 3.39. The van der Waals surface area contributed by atoms with E-state index < -0.39 is 0 Å². The van der Waals surface area contributed by atoms with Crippen LogP contribution in [0, 0.1) is 0 Å². The predicted molar refractivity (Wildman–Crippen MR) is 68.3 cm³/mol. The van der Waals surface area contributed by atoms with E-state index in [4.69, 9.17) is 10.5 Å². The van der Waals surface area contributed by atoms with Crippen LogP contribution in [0.5, 0.6) is 5.75 Å². The van der Waals surface area contributed by atoms with Gasteiger partial charge in [-0.25, -0.2) is 0 Å². The molecule has 1 heterocycles. The minimum atomic E-state index is -0.0951. The van der Waals surface area contributed by atoms with Crippen LogP contribution in [0.4, 0.5) is 0 Å². The molecular weight excluding hydrogens is 220 g/mol. The summed E-state index contributed by atoms with van der Waals surface area (Å²) in [7, 11) is 0. The maximum atomic E-state index is 5.92. The van der Waals surface area contributed by atoms with E-state index in [-0.39, 0.29) is 12.1 Å². The zero-order valence-corrected chi connectivity index (χ0v) is 10.3. The lowest BCUT2D eigenvalue weighted by Crippen LogP contribution is -2.38. The van der Waals surface area contributed by atoms with Gasteiger partial charge >= 0.3 is 0 Å². The summed E-state index contributed by atoms with van der Waals surface area (Å²) >= 11 is 1.77. The van der Waals surface area contributed by atoms with Gasteiger partial charge in [0.15, 0.2) is 6.10 Å². The third-order valence-corrected chi connectivity index (χ3v) is 3.36. The summed E-state index contributed by atoms with van der Waals surface area (Å²) in [5, 5.41) is 0. The number of aliphatic imine (C=N–C) groups is 1. The molecule has 0 saturated carbocycles. The highest BCUT2D eigenvalue weighted by atomic mass is 32.2. The molecule has 0 fully saturated rings. The van der Waals surface area contributed by atoms with Crippen LogP contribution >= 0.6 is 11.8 Å². The number of thioether (sulfide) groups is 1. The van der Waals surface area contributed by atoms with E-state index in [0.29, 0.717) is 5.84 Å². The van der Waals surface area contributed by atoms with Crippen molar-refractivity contribution in [1.82, 2.24) is 0 Å². The van der Waals surface area contributed by atoms with Gasteiger partial charge in [0.25, 0.3) is 0 Å². The van der Waals surface area contributed by atoms with Crippen molar-refractivity contribution in [2.24, 2.45) is 10.7 Å². The van der Waals surface area contributed by atoms with Gasteiger partial charge in [0.1, 0.15) is 11.6 Å². The second-order valence-corrected chi connectivity index (χ2v) is 5.07. The minimum absolute atomic E-state index is 0.0951. The molecule has 2 rings (SSSR count). The minimum Gasteiger partial charge on any atom is -0.480 e. The standard InChI is InChI=1S/C12H16N2OS/c1-8(2)14-12(13)10-7-16-11-6-4-3-5-9(11)15-10/h3-6,8,10H,7H2,1-2H3,(H2,13,14). The quantitative estimate of drug-likeness (QED) is 0.633. The van der Waals surface area contributed by atoms with Crippen molar-refractivity contribution in [2.75, 3.05) is 5.75 Å². The first-order chi connectivity index (χ1) is 7.66. The van der Waals surface area contributed by atoms with Crippen molar-refractivity contribution in [1.29, 1.82) is 0 Å². The van der Waals surface area contributed by atoms with Crippen LogP contribution in [-0.2, 0) is 0 Å². The summed E-state index contributed by atoms with van der Waals surface area (Å²) in [5.41, 5.74) is 5.92. The molecule has 3 nitrogen and oxygen atoms in total. The summed E-state index contributed by atoms with van der Waals surface area (Å²) < 4.78 is 5.82. The molecule has 0 saturated heterocycles. The van der Waals surface area contributed by atoms with Crippen molar-refractivity contribution in [3.8, 4) is 5.75 Å². The Labute approximate surface area is 100 Å². The molecule has 0 bridgehead atoms. The van der Waals surface area contributed by atoms with E-state index in [0.717, 1.165) is 11.5 Å². The average Bonchev–Trinajstić information content (AvgIpc) is 2.27. The van der Waals surface area contributed by atoms with Gasteiger partial charge in [0, 0.05) is 16.7 Å². The molecule has 1 atom stereocenters. The van der Waals surface area contributed by atoms with Crippen molar-refractivity contribution >= 4 is 17.6 Å². The fraction of sp³-hybridized carbons (Fsp3) is 0.417. The number of nitrogens with zero attached hydrogens (tertiary/aromatic N) is 1. The van der Waals surface area contributed by atoms with E-state index in [2.05, 4.69) is 11.1 Å². The van der Waals surface area contributed by atoms with Crippen molar-refractivity contribution in [3.63, 3.8) is 0 Å². The molecule has 0 amide bonds. The second kappa shape index (κ2) is 4.78. The molecule has 0 aliphatic carbocycles. The Morgan fingerprint density at radius 3 is 3.00 bits per heavy atom. The van der Waals surface area contributed by atoms with Crippen LogP contribution < -0.4 is 10.5 Å². The highest BCUT2D eigenvalue weighted by molar-refractivity contribution is 7.99. The van der Waals surface area contributed by atoms with Gasteiger partial charge in [-0.05, 0) is 26.0 Å². The fourth-order valence-electron chi connectivity index (χ4n) is 1.55. The molecular formula is C12H16N2OS. The molecule has 0 spiro atoms. The molecule has 1 aliphatic rings.